The third-order valence-corrected chi connectivity index (χ3v) is 3.81. The molecule has 2 N–H and O–H groups in total. The molecule has 0 aliphatic carbocycles. The number of hydrogen-bond acceptors (Lipinski definition) is 6. The molecular formula is C18H15Cl2NO6. The molecule has 0 spiro atoms. The van der Waals surface area contributed by atoms with Crippen LogP contribution in [0.25, 0.3) is 0 Å². The number of Topliss-reactive ketones (excluding diaryl/α,β-unsaturated/α-hetero) is 1. The fraction of sp³-hybridized carbons (Fsp3) is 0.167. The summed E-state index contributed by atoms with van der Waals surface area (Å²) in [6.45, 7) is 1.64. The average molecular weight is 412 g/mol. The van der Waals surface area contributed by atoms with Gasteiger partial charge in [-0.2, -0.15) is 0 Å². The third-order valence-electron chi connectivity index (χ3n) is 3.28. The molecule has 0 fully saturated rings. The van der Waals surface area contributed by atoms with Crippen LogP contribution >= 0.6 is 23.2 Å². The smallest absolute Gasteiger partial charge is 0.379 e. The van der Waals surface area contributed by atoms with Crippen molar-refractivity contribution >= 4 is 46.6 Å². The molecular weight excluding hydrogens is 397 g/mol. The fourth-order valence-corrected chi connectivity index (χ4v) is 2.48. The van der Waals surface area contributed by atoms with Crippen molar-refractivity contribution in [1.29, 1.82) is 0 Å². The van der Waals surface area contributed by atoms with E-state index < -0.39 is 17.7 Å². The maximum absolute atomic E-state index is 11.4. The summed E-state index contributed by atoms with van der Waals surface area (Å²) >= 11 is 11.8. The van der Waals surface area contributed by atoms with Gasteiger partial charge >= 0.3 is 11.9 Å². The van der Waals surface area contributed by atoms with Crippen LogP contribution in [-0.4, -0.2) is 36.0 Å². The highest BCUT2D eigenvalue weighted by molar-refractivity contribution is 6.35. The van der Waals surface area contributed by atoms with Gasteiger partial charge in [-0.1, -0.05) is 23.2 Å². The van der Waals surface area contributed by atoms with Crippen LogP contribution in [0.3, 0.4) is 0 Å². The van der Waals surface area contributed by atoms with E-state index in [1.807, 2.05) is 0 Å². The van der Waals surface area contributed by atoms with E-state index in [0.717, 1.165) is 6.92 Å². The first kappa shape index (κ1) is 20.5. The first-order valence-corrected chi connectivity index (χ1v) is 8.45. The molecule has 0 saturated carbocycles. The Kier molecular flexibility index (Phi) is 7.04. The maximum Gasteiger partial charge on any atom is 0.379 e. The summed E-state index contributed by atoms with van der Waals surface area (Å²) in [5, 5.41) is 13.1. The molecule has 2 aromatic carbocycles. The number of halogens is 2. The first-order chi connectivity index (χ1) is 12.8. The van der Waals surface area contributed by atoms with Crippen molar-refractivity contribution in [2.75, 3.05) is 18.5 Å². The van der Waals surface area contributed by atoms with Gasteiger partial charge in [-0.05, 0) is 36.4 Å². The van der Waals surface area contributed by atoms with E-state index in [4.69, 9.17) is 32.7 Å². The second kappa shape index (κ2) is 9.25. The van der Waals surface area contributed by atoms with Crippen LogP contribution in [0.15, 0.2) is 36.4 Å². The molecule has 0 aliphatic rings. The van der Waals surface area contributed by atoms with Crippen molar-refractivity contribution in [1.82, 2.24) is 0 Å². The summed E-state index contributed by atoms with van der Waals surface area (Å²) in [7, 11) is 0. The molecule has 7 nitrogen and oxygen atoms in total. The van der Waals surface area contributed by atoms with Crippen molar-refractivity contribution in [3.8, 4) is 11.5 Å². The monoisotopic (exact) mass is 411 g/mol. The first-order valence-electron chi connectivity index (χ1n) is 7.69. The SMILES string of the molecule is CC(=O)C(=O)Oc1ccc(NCCOc2ccc(Cl)cc2Cl)cc1C(=O)O. The van der Waals surface area contributed by atoms with Gasteiger partial charge in [0.15, 0.2) is 0 Å². The minimum absolute atomic E-state index is 0.211. The number of anilines is 1. The van der Waals surface area contributed by atoms with Crippen LogP contribution < -0.4 is 14.8 Å². The molecule has 9 heteroatoms. The quantitative estimate of drug-likeness (QED) is 0.295. The van der Waals surface area contributed by atoms with Gasteiger partial charge in [0.25, 0.3) is 0 Å². The molecule has 0 atom stereocenters. The second-order valence-electron chi connectivity index (χ2n) is 5.31. The average Bonchev–Trinajstić information content (AvgIpc) is 2.60. The molecule has 0 radical (unpaired) electrons. The zero-order valence-corrected chi connectivity index (χ0v) is 15.6. The second-order valence-corrected chi connectivity index (χ2v) is 6.16. The van der Waals surface area contributed by atoms with Crippen molar-refractivity contribution < 1.29 is 29.0 Å². The lowest BCUT2D eigenvalue weighted by molar-refractivity contribution is -0.146. The lowest BCUT2D eigenvalue weighted by Gasteiger charge is -2.12. The third kappa shape index (κ3) is 5.87. The highest BCUT2D eigenvalue weighted by Gasteiger charge is 2.17. The van der Waals surface area contributed by atoms with Crippen molar-refractivity contribution in [2.24, 2.45) is 0 Å². The molecule has 0 amide bonds. The van der Waals surface area contributed by atoms with E-state index in [2.05, 4.69) is 5.32 Å². The van der Waals surface area contributed by atoms with Crippen molar-refractivity contribution in [3.63, 3.8) is 0 Å². The zero-order valence-electron chi connectivity index (χ0n) is 14.1. The predicted molar refractivity (Wildman–Crippen MR) is 100 cm³/mol. The topological polar surface area (TPSA) is 102 Å². The Balaban J connectivity index is 1.98. The number of aromatic carboxylic acids is 1. The van der Waals surface area contributed by atoms with E-state index >= 15 is 0 Å². The van der Waals surface area contributed by atoms with Gasteiger partial charge in [-0.3, -0.25) is 4.79 Å². The van der Waals surface area contributed by atoms with Gasteiger partial charge in [-0.15, -0.1) is 0 Å². The Morgan fingerprint density at radius 3 is 2.41 bits per heavy atom. The van der Waals surface area contributed by atoms with Gasteiger partial charge in [0, 0.05) is 24.2 Å². The lowest BCUT2D eigenvalue weighted by atomic mass is 10.1. The number of esters is 1. The number of rotatable bonds is 8. The number of carbonyl (C=O) groups excluding carboxylic acids is 2. The molecule has 0 bridgehead atoms. The molecule has 0 unspecified atom stereocenters. The van der Waals surface area contributed by atoms with Crippen LogP contribution in [0.1, 0.15) is 17.3 Å². The number of hydrogen-bond donors (Lipinski definition) is 2. The number of benzene rings is 2. The molecule has 0 saturated heterocycles. The molecule has 0 heterocycles. The summed E-state index contributed by atoms with van der Waals surface area (Å²) in [5.41, 5.74) is 0.220. The number of ketones is 1. The molecule has 0 aromatic heterocycles. The maximum atomic E-state index is 11.4. The summed E-state index contributed by atoms with van der Waals surface area (Å²) in [4.78, 5) is 33.7. The Morgan fingerprint density at radius 2 is 1.78 bits per heavy atom. The predicted octanol–water partition coefficient (Wildman–Crippen LogP) is 3.68. The van der Waals surface area contributed by atoms with Gasteiger partial charge in [0.05, 0.1) is 5.02 Å². The minimum atomic E-state index is -1.30. The van der Waals surface area contributed by atoms with E-state index in [9.17, 15) is 19.5 Å². The van der Waals surface area contributed by atoms with E-state index in [1.54, 1.807) is 18.2 Å². The number of carboxylic acid groups (broad SMARTS) is 1. The summed E-state index contributed by atoms with van der Waals surface area (Å²) in [5.74, 6) is -3.00. The number of carboxylic acids is 1. The number of nitrogens with one attached hydrogen (secondary N) is 1. The molecule has 2 aromatic rings. The van der Waals surface area contributed by atoms with Gasteiger partial charge in [0.1, 0.15) is 23.7 Å². The van der Waals surface area contributed by atoms with Crippen molar-refractivity contribution in [3.05, 3.63) is 52.0 Å². The highest BCUT2D eigenvalue weighted by atomic mass is 35.5. The summed E-state index contributed by atoms with van der Waals surface area (Å²) in [6, 6.07) is 8.96. The van der Waals surface area contributed by atoms with Crippen LogP contribution in [0.5, 0.6) is 11.5 Å². The van der Waals surface area contributed by atoms with Gasteiger partial charge < -0.3 is 19.9 Å². The molecule has 2 rings (SSSR count). The Bertz CT molecular complexity index is 884. The van der Waals surface area contributed by atoms with Gasteiger partial charge in [0.2, 0.25) is 5.78 Å². The van der Waals surface area contributed by atoms with Crippen LogP contribution in [0, 0.1) is 0 Å². The number of carbonyl (C=O) groups is 3. The summed E-state index contributed by atoms with van der Waals surface area (Å²) < 4.78 is 10.3. The highest BCUT2D eigenvalue weighted by Crippen LogP contribution is 2.27. The van der Waals surface area contributed by atoms with Crippen LogP contribution in [0.2, 0.25) is 10.0 Å². The minimum Gasteiger partial charge on any atom is -0.490 e. The van der Waals surface area contributed by atoms with Crippen molar-refractivity contribution in [2.45, 2.75) is 6.92 Å². The van der Waals surface area contributed by atoms with E-state index in [-0.39, 0.29) is 17.9 Å². The Hall–Kier alpha value is -2.77. The normalized spacial score (nSPS) is 10.2. The standard InChI is InChI=1S/C18H15Cl2NO6/c1-10(22)18(25)27-15-5-3-12(9-13(15)17(23)24)21-6-7-26-16-4-2-11(19)8-14(16)20/h2-5,8-9,21H,6-7H2,1H3,(H,23,24). The molecule has 0 aliphatic heterocycles. The molecule has 142 valence electrons. The van der Waals surface area contributed by atoms with Crippen LogP contribution in [-0.2, 0) is 9.59 Å². The van der Waals surface area contributed by atoms with Gasteiger partial charge in [-0.25, -0.2) is 9.59 Å². The Morgan fingerprint density at radius 1 is 1.07 bits per heavy atom. The zero-order chi connectivity index (χ0) is 20.0. The largest absolute Gasteiger partial charge is 0.490 e. The van der Waals surface area contributed by atoms with E-state index in [0.29, 0.717) is 28.0 Å². The van der Waals surface area contributed by atoms with E-state index in [1.165, 1.54) is 18.2 Å². The number of ether oxygens (including phenoxy) is 2. The van der Waals surface area contributed by atoms with Crippen LogP contribution in [0.4, 0.5) is 5.69 Å². The lowest BCUT2D eigenvalue weighted by Crippen LogP contribution is -2.18. The summed E-state index contributed by atoms with van der Waals surface area (Å²) in [6.07, 6.45) is 0. The molecule has 27 heavy (non-hydrogen) atoms. The fourth-order valence-electron chi connectivity index (χ4n) is 2.02. The Labute approximate surface area is 164 Å².